The number of aromatic amines is 1. The minimum atomic E-state index is -0.0364. The van der Waals surface area contributed by atoms with Crippen LogP contribution >= 0.6 is 11.6 Å². The number of nitrogens with one attached hydrogen (secondary N) is 2. The third-order valence-corrected chi connectivity index (χ3v) is 4.35. The Morgan fingerprint density at radius 1 is 1.38 bits per heavy atom. The van der Waals surface area contributed by atoms with Crippen LogP contribution in [-0.2, 0) is 9.53 Å². The van der Waals surface area contributed by atoms with Gasteiger partial charge in [-0.2, -0.15) is 0 Å². The third-order valence-electron chi connectivity index (χ3n) is 4.10. The van der Waals surface area contributed by atoms with Crippen LogP contribution < -0.4 is 5.32 Å². The van der Waals surface area contributed by atoms with Crippen LogP contribution in [0.2, 0.25) is 5.02 Å². The van der Waals surface area contributed by atoms with Gasteiger partial charge in [0.25, 0.3) is 0 Å². The lowest BCUT2D eigenvalue weighted by Crippen LogP contribution is -2.43. The van der Waals surface area contributed by atoms with Crippen LogP contribution in [0.3, 0.4) is 0 Å². The van der Waals surface area contributed by atoms with Crippen LogP contribution in [0.25, 0.3) is 11.4 Å². The molecule has 0 bridgehead atoms. The summed E-state index contributed by atoms with van der Waals surface area (Å²) in [5, 5.41) is 3.61. The molecule has 1 atom stereocenters. The predicted molar refractivity (Wildman–Crippen MR) is 92.9 cm³/mol. The minimum Gasteiger partial charge on any atom is -0.379 e. The summed E-state index contributed by atoms with van der Waals surface area (Å²) in [6.07, 6.45) is 1.84. The van der Waals surface area contributed by atoms with Crippen molar-refractivity contribution < 1.29 is 9.53 Å². The average molecular weight is 349 g/mol. The molecule has 2 N–H and O–H groups in total. The Labute approximate surface area is 146 Å². The molecule has 1 saturated heterocycles. The molecule has 6 nitrogen and oxygen atoms in total. The van der Waals surface area contributed by atoms with Gasteiger partial charge in [0.1, 0.15) is 5.82 Å². The number of nitrogens with zero attached hydrogens (tertiary/aromatic N) is 2. The second-order valence-corrected chi connectivity index (χ2v) is 6.23. The molecule has 1 aromatic carbocycles. The molecule has 1 aromatic heterocycles. The molecule has 1 aliphatic heterocycles. The second-order valence-electron chi connectivity index (χ2n) is 5.80. The number of H-pyrrole nitrogens is 1. The van der Waals surface area contributed by atoms with Gasteiger partial charge in [-0.1, -0.05) is 11.6 Å². The Hall–Kier alpha value is -1.89. The second kappa shape index (κ2) is 7.79. The zero-order valence-electron chi connectivity index (χ0n) is 13.6. The van der Waals surface area contributed by atoms with Crippen molar-refractivity contribution in [2.75, 3.05) is 32.8 Å². The minimum absolute atomic E-state index is 0.0364. The van der Waals surface area contributed by atoms with Gasteiger partial charge < -0.3 is 15.0 Å². The fourth-order valence-electron chi connectivity index (χ4n) is 2.82. The van der Waals surface area contributed by atoms with Crippen molar-refractivity contribution in [3.05, 3.63) is 41.2 Å². The van der Waals surface area contributed by atoms with E-state index < -0.39 is 0 Å². The van der Waals surface area contributed by atoms with E-state index in [1.165, 1.54) is 6.92 Å². The van der Waals surface area contributed by atoms with E-state index in [9.17, 15) is 4.79 Å². The van der Waals surface area contributed by atoms with Crippen molar-refractivity contribution in [3.63, 3.8) is 0 Å². The lowest BCUT2D eigenvalue weighted by molar-refractivity contribution is -0.119. The number of imidazole rings is 1. The zero-order valence-corrected chi connectivity index (χ0v) is 14.3. The van der Waals surface area contributed by atoms with Gasteiger partial charge in [-0.05, 0) is 24.3 Å². The van der Waals surface area contributed by atoms with Crippen molar-refractivity contribution in [1.29, 1.82) is 0 Å². The highest BCUT2D eigenvalue weighted by Gasteiger charge is 2.24. The highest BCUT2D eigenvalue weighted by atomic mass is 35.5. The van der Waals surface area contributed by atoms with Crippen molar-refractivity contribution in [1.82, 2.24) is 20.2 Å². The lowest BCUT2D eigenvalue weighted by atomic mass is 10.1. The number of hydrogen-bond donors (Lipinski definition) is 2. The summed E-state index contributed by atoms with van der Waals surface area (Å²) in [6, 6.07) is 7.60. The van der Waals surface area contributed by atoms with Gasteiger partial charge in [-0.3, -0.25) is 9.69 Å². The maximum Gasteiger partial charge on any atom is 0.216 e. The third kappa shape index (κ3) is 4.14. The quantitative estimate of drug-likeness (QED) is 0.869. The highest BCUT2D eigenvalue weighted by molar-refractivity contribution is 6.30. The van der Waals surface area contributed by atoms with E-state index in [1.54, 1.807) is 0 Å². The number of aromatic nitrogens is 2. The molecule has 1 amide bonds. The molecule has 0 spiro atoms. The Morgan fingerprint density at radius 2 is 2.08 bits per heavy atom. The van der Waals surface area contributed by atoms with Crippen LogP contribution in [0.15, 0.2) is 30.5 Å². The van der Waals surface area contributed by atoms with E-state index in [4.69, 9.17) is 16.3 Å². The van der Waals surface area contributed by atoms with Crippen LogP contribution in [-0.4, -0.2) is 53.6 Å². The molecule has 2 heterocycles. The van der Waals surface area contributed by atoms with Crippen LogP contribution in [0.1, 0.15) is 18.7 Å². The average Bonchev–Trinajstić information content (AvgIpc) is 3.06. The van der Waals surface area contributed by atoms with Crippen molar-refractivity contribution >= 4 is 17.5 Å². The number of halogens is 1. The SMILES string of the molecule is CC(=O)NCC(c1cnc(-c2ccc(Cl)cc2)[nH]1)N1CCOCC1. The Balaban J connectivity index is 1.81. The van der Waals surface area contributed by atoms with E-state index in [1.807, 2.05) is 30.5 Å². The predicted octanol–water partition coefficient (Wildman–Crippen LogP) is 2.24. The molecule has 128 valence electrons. The smallest absolute Gasteiger partial charge is 0.216 e. The molecule has 2 aromatic rings. The lowest BCUT2D eigenvalue weighted by Gasteiger charge is -2.33. The van der Waals surface area contributed by atoms with Gasteiger partial charge in [0.05, 0.1) is 31.1 Å². The number of benzene rings is 1. The van der Waals surface area contributed by atoms with E-state index in [0.29, 0.717) is 24.8 Å². The van der Waals surface area contributed by atoms with Gasteiger partial charge in [0.15, 0.2) is 0 Å². The number of morpholine rings is 1. The summed E-state index contributed by atoms with van der Waals surface area (Å²) in [5.41, 5.74) is 1.96. The number of carbonyl (C=O) groups is 1. The van der Waals surface area contributed by atoms with E-state index in [-0.39, 0.29) is 11.9 Å². The summed E-state index contributed by atoms with van der Waals surface area (Å²) in [5.74, 6) is 0.758. The fourth-order valence-corrected chi connectivity index (χ4v) is 2.95. The molecule has 24 heavy (non-hydrogen) atoms. The molecule has 1 unspecified atom stereocenters. The standard InChI is InChI=1S/C17H21ClN4O2/c1-12(23)19-11-16(22-6-8-24-9-7-22)15-10-20-17(21-15)13-2-4-14(18)5-3-13/h2-5,10,16H,6-9,11H2,1H3,(H,19,23)(H,20,21). The van der Waals surface area contributed by atoms with E-state index >= 15 is 0 Å². The van der Waals surface area contributed by atoms with Crippen molar-refractivity contribution in [2.45, 2.75) is 13.0 Å². The number of carbonyl (C=O) groups excluding carboxylic acids is 1. The number of hydrogen-bond acceptors (Lipinski definition) is 4. The first-order valence-corrected chi connectivity index (χ1v) is 8.38. The van der Waals surface area contributed by atoms with Crippen LogP contribution in [0.5, 0.6) is 0 Å². The molecule has 0 radical (unpaired) electrons. The van der Waals surface area contributed by atoms with E-state index in [2.05, 4.69) is 20.2 Å². The van der Waals surface area contributed by atoms with E-state index in [0.717, 1.165) is 30.2 Å². The largest absolute Gasteiger partial charge is 0.379 e. The monoisotopic (exact) mass is 348 g/mol. The molecule has 3 rings (SSSR count). The highest BCUT2D eigenvalue weighted by Crippen LogP contribution is 2.24. The summed E-state index contributed by atoms with van der Waals surface area (Å²) in [6.45, 7) is 5.14. The van der Waals surface area contributed by atoms with Crippen LogP contribution in [0, 0.1) is 0 Å². The topological polar surface area (TPSA) is 70.2 Å². The molecule has 0 saturated carbocycles. The molecule has 1 fully saturated rings. The summed E-state index contributed by atoms with van der Waals surface area (Å²) >= 11 is 5.94. The summed E-state index contributed by atoms with van der Waals surface area (Å²) in [7, 11) is 0. The first kappa shape index (κ1) is 17.0. The zero-order chi connectivity index (χ0) is 16.9. The number of rotatable bonds is 5. The maximum atomic E-state index is 11.3. The first-order chi connectivity index (χ1) is 11.6. The Morgan fingerprint density at radius 3 is 2.75 bits per heavy atom. The van der Waals surface area contributed by atoms with Gasteiger partial charge in [0.2, 0.25) is 5.91 Å². The van der Waals surface area contributed by atoms with Gasteiger partial charge in [-0.15, -0.1) is 0 Å². The maximum absolute atomic E-state index is 11.3. The first-order valence-electron chi connectivity index (χ1n) is 8.00. The molecule has 7 heteroatoms. The van der Waals surface area contributed by atoms with Gasteiger partial charge in [-0.25, -0.2) is 4.98 Å². The van der Waals surface area contributed by atoms with Gasteiger partial charge >= 0.3 is 0 Å². The molecular formula is C17H21ClN4O2. The summed E-state index contributed by atoms with van der Waals surface area (Å²) < 4.78 is 5.43. The van der Waals surface area contributed by atoms with Crippen molar-refractivity contribution in [2.24, 2.45) is 0 Å². The van der Waals surface area contributed by atoms with Crippen molar-refractivity contribution in [3.8, 4) is 11.4 Å². The summed E-state index contributed by atoms with van der Waals surface area (Å²) in [4.78, 5) is 21.5. The molecule has 0 aliphatic carbocycles. The Bertz CT molecular complexity index is 680. The fraction of sp³-hybridized carbons (Fsp3) is 0.412. The Kier molecular flexibility index (Phi) is 5.50. The molecule has 1 aliphatic rings. The van der Waals surface area contributed by atoms with Gasteiger partial charge in [0, 0.05) is 37.1 Å². The normalized spacial score (nSPS) is 16.8. The van der Waals surface area contributed by atoms with Crippen LogP contribution in [0.4, 0.5) is 0 Å². The number of amides is 1. The number of ether oxygens (including phenoxy) is 1. The molecular weight excluding hydrogens is 328 g/mol.